The Bertz CT molecular complexity index is 243. The molecule has 0 spiro atoms. The van der Waals surface area contributed by atoms with Crippen molar-refractivity contribution in [1.29, 1.82) is 0 Å². The average Bonchev–Trinajstić information content (AvgIpc) is 2.07. The minimum absolute atomic E-state index is 0.187. The molecule has 0 aliphatic rings. The Hall–Kier alpha value is -0.753. The first-order valence-corrected chi connectivity index (χ1v) is 9.05. The Morgan fingerprint density at radius 1 is 1.20 bits per heavy atom. The van der Waals surface area contributed by atoms with Crippen LogP contribution in [0, 0.1) is 11.5 Å². The van der Waals surface area contributed by atoms with Crippen molar-refractivity contribution < 1.29 is 9.53 Å². The lowest BCUT2D eigenvalue weighted by Crippen LogP contribution is -2.16. The molecule has 0 aliphatic heterocycles. The number of hydrogen-bond acceptors (Lipinski definition) is 2. The standard InChI is InChI=1S/C12H22O2Si/c1-12(13)14-10-8-6-5-7-9-11-15(2,3)4/h5-8,10H2,1-4H3. The minimum Gasteiger partial charge on any atom is -0.466 e. The molecule has 0 aliphatic carbocycles. The molecule has 0 fully saturated rings. The van der Waals surface area contributed by atoms with E-state index in [9.17, 15) is 4.79 Å². The van der Waals surface area contributed by atoms with Crippen molar-refractivity contribution in [1.82, 2.24) is 0 Å². The van der Waals surface area contributed by atoms with Crippen LogP contribution in [-0.2, 0) is 9.53 Å². The van der Waals surface area contributed by atoms with E-state index in [4.69, 9.17) is 4.74 Å². The highest BCUT2D eigenvalue weighted by Gasteiger charge is 2.06. The Balaban J connectivity index is 3.32. The maximum absolute atomic E-state index is 10.4. The highest BCUT2D eigenvalue weighted by Crippen LogP contribution is 2.01. The fraction of sp³-hybridized carbons (Fsp3) is 0.750. The zero-order valence-corrected chi connectivity index (χ0v) is 11.4. The van der Waals surface area contributed by atoms with Gasteiger partial charge in [0.05, 0.1) is 6.61 Å². The summed E-state index contributed by atoms with van der Waals surface area (Å²) in [6, 6.07) is 0. The van der Waals surface area contributed by atoms with Gasteiger partial charge in [-0.25, -0.2) is 0 Å². The number of carbonyl (C=O) groups is 1. The molecule has 2 nitrogen and oxygen atoms in total. The highest BCUT2D eigenvalue weighted by molar-refractivity contribution is 6.83. The maximum atomic E-state index is 10.4. The number of carbonyl (C=O) groups excluding carboxylic acids is 1. The van der Waals surface area contributed by atoms with E-state index in [2.05, 4.69) is 31.1 Å². The van der Waals surface area contributed by atoms with Crippen LogP contribution in [0.15, 0.2) is 0 Å². The third-order valence-electron chi connectivity index (χ3n) is 1.71. The normalized spacial score (nSPS) is 10.4. The van der Waals surface area contributed by atoms with E-state index in [1.807, 2.05) is 0 Å². The highest BCUT2D eigenvalue weighted by atomic mass is 28.3. The molecule has 0 bridgehead atoms. The molecule has 0 N–H and O–H groups in total. The number of hydrogen-bond donors (Lipinski definition) is 0. The number of unbranched alkanes of at least 4 members (excludes halogenated alkanes) is 3. The molecule has 0 radical (unpaired) electrons. The van der Waals surface area contributed by atoms with Gasteiger partial charge in [-0.15, -0.1) is 11.5 Å². The van der Waals surface area contributed by atoms with Crippen LogP contribution in [0.4, 0.5) is 0 Å². The molecule has 3 heteroatoms. The summed E-state index contributed by atoms with van der Waals surface area (Å²) < 4.78 is 4.83. The molecule has 0 heterocycles. The topological polar surface area (TPSA) is 26.3 Å². The van der Waals surface area contributed by atoms with Crippen LogP contribution in [0.3, 0.4) is 0 Å². The van der Waals surface area contributed by atoms with Gasteiger partial charge < -0.3 is 4.74 Å². The Morgan fingerprint density at radius 2 is 1.87 bits per heavy atom. The van der Waals surface area contributed by atoms with Crippen molar-refractivity contribution in [2.75, 3.05) is 6.61 Å². The third-order valence-corrected chi connectivity index (χ3v) is 2.64. The van der Waals surface area contributed by atoms with Crippen molar-refractivity contribution in [3.63, 3.8) is 0 Å². The van der Waals surface area contributed by atoms with Crippen molar-refractivity contribution in [2.24, 2.45) is 0 Å². The van der Waals surface area contributed by atoms with Crippen LogP contribution >= 0.6 is 0 Å². The molecule has 0 aromatic heterocycles. The van der Waals surface area contributed by atoms with Crippen molar-refractivity contribution in [2.45, 2.75) is 52.2 Å². The summed E-state index contributed by atoms with van der Waals surface area (Å²) in [6.07, 6.45) is 4.13. The van der Waals surface area contributed by atoms with Gasteiger partial charge >= 0.3 is 5.97 Å². The van der Waals surface area contributed by atoms with Crippen LogP contribution in [0.25, 0.3) is 0 Å². The molecular weight excluding hydrogens is 204 g/mol. The molecule has 0 rings (SSSR count). The third kappa shape index (κ3) is 13.2. The van der Waals surface area contributed by atoms with Gasteiger partial charge in [0, 0.05) is 13.3 Å². The summed E-state index contributed by atoms with van der Waals surface area (Å²) in [5.41, 5.74) is 3.33. The summed E-state index contributed by atoms with van der Waals surface area (Å²) in [5.74, 6) is 3.04. The lowest BCUT2D eigenvalue weighted by Gasteiger charge is -2.03. The molecule has 0 atom stereocenters. The van der Waals surface area contributed by atoms with Crippen LogP contribution in [0.2, 0.25) is 19.6 Å². The largest absolute Gasteiger partial charge is 0.466 e. The van der Waals surface area contributed by atoms with Crippen molar-refractivity contribution >= 4 is 14.0 Å². The summed E-state index contributed by atoms with van der Waals surface area (Å²) in [5, 5.41) is 0. The number of rotatable bonds is 5. The fourth-order valence-electron chi connectivity index (χ4n) is 1.04. The Morgan fingerprint density at radius 3 is 2.40 bits per heavy atom. The monoisotopic (exact) mass is 226 g/mol. The van der Waals surface area contributed by atoms with E-state index >= 15 is 0 Å². The van der Waals surface area contributed by atoms with Gasteiger partial charge in [0.2, 0.25) is 0 Å². The van der Waals surface area contributed by atoms with Gasteiger partial charge in [0.1, 0.15) is 8.07 Å². The van der Waals surface area contributed by atoms with Crippen LogP contribution in [0.5, 0.6) is 0 Å². The molecule has 0 aromatic carbocycles. The van der Waals surface area contributed by atoms with Gasteiger partial charge in [0.25, 0.3) is 0 Å². The van der Waals surface area contributed by atoms with Gasteiger partial charge in [-0.2, -0.15) is 0 Å². The molecule has 0 saturated heterocycles. The average molecular weight is 226 g/mol. The molecular formula is C12H22O2Si. The SMILES string of the molecule is CC(=O)OCCCCCC#C[Si](C)(C)C. The summed E-state index contributed by atoms with van der Waals surface area (Å²) >= 11 is 0. The van der Waals surface area contributed by atoms with Gasteiger partial charge in [-0.3, -0.25) is 4.79 Å². The summed E-state index contributed by atoms with van der Waals surface area (Å²) in [6.45, 7) is 8.75. The first-order valence-electron chi connectivity index (χ1n) is 5.55. The van der Waals surface area contributed by atoms with E-state index in [1.165, 1.54) is 6.92 Å². The van der Waals surface area contributed by atoms with E-state index in [0.29, 0.717) is 6.61 Å². The van der Waals surface area contributed by atoms with E-state index in [1.54, 1.807) is 0 Å². The van der Waals surface area contributed by atoms with Crippen LogP contribution < -0.4 is 0 Å². The molecule has 0 amide bonds. The number of ether oxygens (including phenoxy) is 1. The predicted octanol–water partition coefficient (Wildman–Crippen LogP) is 2.99. The summed E-state index contributed by atoms with van der Waals surface area (Å²) in [4.78, 5) is 10.4. The molecule has 86 valence electrons. The van der Waals surface area contributed by atoms with Gasteiger partial charge in [0.15, 0.2) is 0 Å². The zero-order valence-electron chi connectivity index (χ0n) is 10.4. The van der Waals surface area contributed by atoms with E-state index in [-0.39, 0.29) is 5.97 Å². The molecule has 15 heavy (non-hydrogen) atoms. The second-order valence-corrected chi connectivity index (χ2v) is 9.45. The van der Waals surface area contributed by atoms with Gasteiger partial charge in [-0.1, -0.05) is 19.6 Å². The van der Waals surface area contributed by atoms with Crippen molar-refractivity contribution in [3.05, 3.63) is 0 Å². The van der Waals surface area contributed by atoms with E-state index in [0.717, 1.165) is 25.7 Å². The van der Waals surface area contributed by atoms with Crippen molar-refractivity contribution in [3.8, 4) is 11.5 Å². The van der Waals surface area contributed by atoms with Crippen LogP contribution in [0.1, 0.15) is 32.6 Å². The molecule has 0 unspecified atom stereocenters. The quantitative estimate of drug-likeness (QED) is 0.312. The zero-order chi connectivity index (χ0) is 11.7. The Kier molecular flexibility index (Phi) is 7.15. The van der Waals surface area contributed by atoms with E-state index < -0.39 is 8.07 Å². The lowest BCUT2D eigenvalue weighted by atomic mass is 10.2. The lowest BCUT2D eigenvalue weighted by molar-refractivity contribution is -0.141. The first kappa shape index (κ1) is 14.2. The van der Waals surface area contributed by atoms with Crippen LogP contribution in [-0.4, -0.2) is 20.7 Å². The molecule has 0 aromatic rings. The predicted molar refractivity (Wildman–Crippen MR) is 66.2 cm³/mol. The fourth-order valence-corrected chi connectivity index (χ4v) is 1.69. The second-order valence-electron chi connectivity index (χ2n) is 4.70. The summed E-state index contributed by atoms with van der Waals surface area (Å²) in [7, 11) is -1.18. The Labute approximate surface area is 94.4 Å². The number of esters is 1. The minimum atomic E-state index is -1.18. The molecule has 0 saturated carbocycles. The second kappa shape index (κ2) is 7.53. The first-order chi connectivity index (χ1) is 6.92. The smallest absolute Gasteiger partial charge is 0.302 e. The van der Waals surface area contributed by atoms with Gasteiger partial charge in [-0.05, 0) is 19.3 Å². The maximum Gasteiger partial charge on any atom is 0.302 e.